The molecule has 2 aromatic rings. The van der Waals surface area contributed by atoms with Gasteiger partial charge in [-0.1, -0.05) is 0 Å². The average molecular weight is 202 g/mol. The fourth-order valence-electron chi connectivity index (χ4n) is 1.10. The molecule has 0 amide bonds. The van der Waals surface area contributed by atoms with Crippen LogP contribution in [0.1, 0.15) is 0 Å². The van der Waals surface area contributed by atoms with Crippen LogP contribution >= 0.6 is 0 Å². The number of hydrogen-bond acceptors (Lipinski definition) is 2. The van der Waals surface area contributed by atoms with Crippen molar-refractivity contribution in [1.82, 2.24) is 10.2 Å². The Morgan fingerprint density at radius 2 is 1.00 bits per heavy atom. The van der Waals surface area contributed by atoms with E-state index in [1.165, 1.54) is 0 Å². The summed E-state index contributed by atoms with van der Waals surface area (Å²) in [5, 5.41) is 5.61. The third-order valence-electron chi connectivity index (χ3n) is 1.78. The molecule has 0 aliphatic heterocycles. The van der Waals surface area contributed by atoms with Crippen molar-refractivity contribution in [2.75, 3.05) is 0 Å². The predicted molar refractivity (Wildman–Crippen MR) is 39.4 cm³/mol. The molecule has 1 heterocycles. The maximum absolute atomic E-state index is 13.0. The molecular formula is C8H2F4N2. The summed E-state index contributed by atoms with van der Waals surface area (Å²) in [4.78, 5) is 0. The predicted octanol–water partition coefficient (Wildman–Crippen LogP) is 2.19. The fraction of sp³-hybridized carbons (Fsp3) is 0. The highest BCUT2D eigenvalue weighted by Gasteiger charge is 2.20. The monoisotopic (exact) mass is 202 g/mol. The Morgan fingerprint density at radius 3 is 1.36 bits per heavy atom. The van der Waals surface area contributed by atoms with Gasteiger partial charge in [0.1, 0.15) is 0 Å². The van der Waals surface area contributed by atoms with E-state index in [2.05, 4.69) is 10.2 Å². The van der Waals surface area contributed by atoms with Gasteiger partial charge in [0.05, 0.1) is 12.4 Å². The molecule has 0 radical (unpaired) electrons. The van der Waals surface area contributed by atoms with Gasteiger partial charge in [0.15, 0.2) is 23.3 Å². The molecule has 0 unspecified atom stereocenters. The first-order valence-electron chi connectivity index (χ1n) is 3.55. The Hall–Kier alpha value is -1.72. The number of fused-ring (bicyclic) bond motifs is 1. The van der Waals surface area contributed by atoms with Crippen molar-refractivity contribution in [3.8, 4) is 0 Å². The summed E-state index contributed by atoms with van der Waals surface area (Å²) in [6.45, 7) is 0. The van der Waals surface area contributed by atoms with Gasteiger partial charge in [-0.2, -0.15) is 10.2 Å². The van der Waals surface area contributed by atoms with Gasteiger partial charge in [0.25, 0.3) is 0 Å². The van der Waals surface area contributed by atoms with Crippen molar-refractivity contribution in [1.29, 1.82) is 0 Å². The number of nitrogens with zero attached hydrogens (tertiary/aromatic N) is 2. The zero-order valence-electron chi connectivity index (χ0n) is 6.56. The fourth-order valence-corrected chi connectivity index (χ4v) is 1.10. The van der Waals surface area contributed by atoms with Crippen LogP contribution in [-0.2, 0) is 0 Å². The molecule has 0 atom stereocenters. The SMILES string of the molecule is Fc1c(F)c(F)c2cnncc2c1F. The summed E-state index contributed by atoms with van der Waals surface area (Å²) in [6, 6.07) is 0. The molecule has 1 aromatic carbocycles. The van der Waals surface area contributed by atoms with Crippen molar-refractivity contribution < 1.29 is 17.6 Å². The van der Waals surface area contributed by atoms with Gasteiger partial charge in [-0.05, 0) is 0 Å². The van der Waals surface area contributed by atoms with Crippen LogP contribution in [0.5, 0.6) is 0 Å². The first-order valence-corrected chi connectivity index (χ1v) is 3.55. The van der Waals surface area contributed by atoms with Crippen LogP contribution in [0.15, 0.2) is 12.4 Å². The second-order valence-corrected chi connectivity index (χ2v) is 2.57. The molecule has 1 aromatic heterocycles. The molecule has 0 fully saturated rings. The quantitative estimate of drug-likeness (QED) is 0.371. The van der Waals surface area contributed by atoms with Crippen molar-refractivity contribution in [3.05, 3.63) is 35.7 Å². The molecule has 0 bridgehead atoms. The van der Waals surface area contributed by atoms with Gasteiger partial charge < -0.3 is 0 Å². The lowest BCUT2D eigenvalue weighted by molar-refractivity contribution is 0.417. The Bertz CT molecular complexity index is 466. The van der Waals surface area contributed by atoms with E-state index in [1.54, 1.807) is 0 Å². The highest BCUT2D eigenvalue weighted by molar-refractivity contribution is 5.82. The van der Waals surface area contributed by atoms with Crippen LogP contribution in [0.2, 0.25) is 0 Å². The molecule has 0 aliphatic rings. The van der Waals surface area contributed by atoms with Crippen LogP contribution < -0.4 is 0 Å². The molecule has 2 nitrogen and oxygen atoms in total. The molecule has 0 N–H and O–H groups in total. The maximum atomic E-state index is 13.0. The van der Waals surface area contributed by atoms with E-state index in [0.29, 0.717) is 0 Å². The lowest BCUT2D eigenvalue weighted by atomic mass is 10.1. The van der Waals surface area contributed by atoms with E-state index in [9.17, 15) is 17.6 Å². The van der Waals surface area contributed by atoms with Crippen molar-refractivity contribution in [3.63, 3.8) is 0 Å². The molecule has 0 saturated carbocycles. The summed E-state index contributed by atoms with van der Waals surface area (Å²) < 4.78 is 51.3. The minimum Gasteiger partial charge on any atom is -0.203 e. The van der Waals surface area contributed by atoms with Crippen molar-refractivity contribution in [2.45, 2.75) is 0 Å². The van der Waals surface area contributed by atoms with Crippen molar-refractivity contribution >= 4 is 10.8 Å². The lowest BCUT2D eigenvalue weighted by Gasteiger charge is -2.02. The third kappa shape index (κ3) is 1.03. The van der Waals surface area contributed by atoms with Crippen LogP contribution in [-0.4, -0.2) is 10.2 Å². The van der Waals surface area contributed by atoms with Crippen LogP contribution in [0.4, 0.5) is 17.6 Å². The largest absolute Gasteiger partial charge is 0.203 e. The zero-order valence-corrected chi connectivity index (χ0v) is 6.56. The topological polar surface area (TPSA) is 25.8 Å². The first kappa shape index (κ1) is 8.86. The van der Waals surface area contributed by atoms with E-state index in [1.807, 2.05) is 0 Å². The summed E-state index contributed by atoms with van der Waals surface area (Å²) in [6.07, 6.45) is 1.66. The molecule has 14 heavy (non-hydrogen) atoms. The number of hydrogen-bond donors (Lipinski definition) is 0. The molecular weight excluding hydrogens is 200 g/mol. The number of halogens is 4. The van der Waals surface area contributed by atoms with Gasteiger partial charge in [-0.15, -0.1) is 0 Å². The summed E-state index contributed by atoms with van der Waals surface area (Å²) in [5.41, 5.74) is 0. The van der Waals surface area contributed by atoms with Gasteiger partial charge >= 0.3 is 0 Å². The number of rotatable bonds is 0. The maximum Gasteiger partial charge on any atom is 0.198 e. The Balaban J connectivity index is 3.02. The Labute approximate surface area is 75.2 Å². The molecule has 72 valence electrons. The third-order valence-corrected chi connectivity index (χ3v) is 1.78. The van der Waals surface area contributed by atoms with Gasteiger partial charge in [0.2, 0.25) is 0 Å². The minimum atomic E-state index is -1.84. The van der Waals surface area contributed by atoms with E-state index in [-0.39, 0.29) is 0 Å². The average Bonchev–Trinajstić information content (AvgIpc) is 2.23. The van der Waals surface area contributed by atoms with Crippen LogP contribution in [0.3, 0.4) is 0 Å². The van der Waals surface area contributed by atoms with Gasteiger partial charge in [-0.3, -0.25) is 0 Å². The Morgan fingerprint density at radius 1 is 0.643 bits per heavy atom. The second-order valence-electron chi connectivity index (χ2n) is 2.57. The van der Waals surface area contributed by atoms with E-state index in [4.69, 9.17) is 0 Å². The van der Waals surface area contributed by atoms with Crippen molar-refractivity contribution in [2.24, 2.45) is 0 Å². The van der Waals surface area contributed by atoms with Gasteiger partial charge in [0, 0.05) is 10.8 Å². The Kier molecular flexibility index (Phi) is 1.83. The highest BCUT2D eigenvalue weighted by Crippen LogP contribution is 2.24. The standard InChI is InChI=1S/C8H2F4N2/c9-5-3-1-13-14-2-4(3)6(10)8(12)7(5)11/h1-2H. The smallest absolute Gasteiger partial charge is 0.198 e. The van der Waals surface area contributed by atoms with Gasteiger partial charge in [-0.25, -0.2) is 17.6 Å². The summed E-state index contributed by atoms with van der Waals surface area (Å²) in [7, 11) is 0. The molecule has 0 aliphatic carbocycles. The van der Waals surface area contributed by atoms with E-state index < -0.39 is 34.0 Å². The summed E-state index contributed by atoms with van der Waals surface area (Å²) in [5.74, 6) is -6.62. The second kappa shape index (κ2) is 2.90. The normalized spacial score (nSPS) is 10.9. The van der Waals surface area contributed by atoms with E-state index in [0.717, 1.165) is 12.4 Å². The number of aromatic nitrogens is 2. The number of benzene rings is 1. The van der Waals surface area contributed by atoms with E-state index >= 15 is 0 Å². The minimum absolute atomic E-state index is 0.434. The summed E-state index contributed by atoms with van der Waals surface area (Å²) >= 11 is 0. The lowest BCUT2D eigenvalue weighted by Crippen LogP contribution is -1.98. The van der Waals surface area contributed by atoms with Crippen LogP contribution in [0, 0.1) is 23.3 Å². The first-order chi connectivity index (χ1) is 6.63. The zero-order chi connectivity index (χ0) is 10.3. The molecule has 6 heteroatoms. The highest BCUT2D eigenvalue weighted by atomic mass is 19.2. The molecule has 0 saturated heterocycles. The molecule has 2 rings (SSSR count). The molecule has 0 spiro atoms. The van der Waals surface area contributed by atoms with Crippen LogP contribution in [0.25, 0.3) is 10.8 Å².